The Balaban J connectivity index is 2.05. The van der Waals surface area contributed by atoms with Crippen LogP contribution in [0.15, 0.2) is 48.5 Å². The van der Waals surface area contributed by atoms with Crippen LogP contribution in [0, 0.1) is 0 Å². The highest BCUT2D eigenvalue weighted by Gasteiger charge is 1.98. The maximum Gasteiger partial charge on any atom is 0.211 e. The minimum atomic E-state index is 0.591. The van der Waals surface area contributed by atoms with Gasteiger partial charge in [-0.3, -0.25) is 15.5 Å². The molecule has 0 atom stereocenters. The van der Waals surface area contributed by atoms with Gasteiger partial charge < -0.3 is 10.1 Å². The van der Waals surface area contributed by atoms with Crippen molar-refractivity contribution in [1.29, 1.82) is 0 Å². The van der Waals surface area contributed by atoms with Crippen molar-refractivity contribution in [2.45, 2.75) is 0 Å². The van der Waals surface area contributed by atoms with Gasteiger partial charge in [-0.15, -0.1) is 0 Å². The van der Waals surface area contributed by atoms with E-state index in [0.29, 0.717) is 29.3 Å². The molecule has 0 unspecified atom stereocenters. The van der Waals surface area contributed by atoms with Gasteiger partial charge in [-0.2, -0.15) is 0 Å². The zero-order chi connectivity index (χ0) is 12.8. The lowest BCUT2D eigenvalue weighted by Gasteiger charge is -2.07. The molecule has 0 spiro atoms. The fourth-order valence-corrected chi connectivity index (χ4v) is 1.42. The Kier molecular flexibility index (Phi) is 3.78. The lowest BCUT2D eigenvalue weighted by molar-refractivity contribution is -0.105. The molecule has 0 fully saturated rings. The summed E-state index contributed by atoms with van der Waals surface area (Å²) in [5, 5.41) is 11.2. The van der Waals surface area contributed by atoms with E-state index in [-0.39, 0.29) is 0 Å². The summed E-state index contributed by atoms with van der Waals surface area (Å²) < 4.78 is 5.59. The molecule has 5 heteroatoms. The Labute approximate surface area is 104 Å². The largest absolute Gasteiger partial charge is 0.457 e. The molecule has 0 aromatic heterocycles. The Hall–Kier alpha value is -2.53. The number of anilines is 2. The average molecular weight is 244 g/mol. The maximum absolute atomic E-state index is 10.2. The van der Waals surface area contributed by atoms with E-state index in [9.17, 15) is 4.79 Å². The van der Waals surface area contributed by atoms with Crippen LogP contribution in [-0.2, 0) is 4.79 Å². The fourth-order valence-electron chi connectivity index (χ4n) is 1.42. The van der Waals surface area contributed by atoms with Crippen LogP contribution in [0.2, 0.25) is 0 Å². The lowest BCUT2D eigenvalue weighted by Crippen LogP contribution is -1.93. The zero-order valence-electron chi connectivity index (χ0n) is 9.46. The minimum Gasteiger partial charge on any atom is -0.457 e. The quantitative estimate of drug-likeness (QED) is 0.558. The van der Waals surface area contributed by atoms with Crippen LogP contribution in [0.3, 0.4) is 0 Å². The number of nitrogens with one attached hydrogen (secondary N) is 2. The molecule has 0 aliphatic carbocycles. The first-order chi connectivity index (χ1) is 8.81. The SMILES string of the molecule is O=CNc1ccc(Oc2ccc(NO)cc2)cc1. The summed E-state index contributed by atoms with van der Waals surface area (Å²) in [4.78, 5) is 10.2. The molecular formula is C13H12N2O3. The molecule has 0 saturated heterocycles. The molecule has 0 heterocycles. The van der Waals surface area contributed by atoms with Crippen LogP contribution in [0.1, 0.15) is 0 Å². The van der Waals surface area contributed by atoms with Crippen molar-refractivity contribution in [2.75, 3.05) is 10.8 Å². The average Bonchev–Trinajstić information content (AvgIpc) is 2.42. The number of carbonyl (C=O) groups excluding carboxylic acids is 1. The summed E-state index contributed by atoms with van der Waals surface area (Å²) in [5.41, 5.74) is 3.34. The molecule has 0 aliphatic rings. The predicted octanol–water partition coefficient (Wildman–Crippen LogP) is 2.85. The van der Waals surface area contributed by atoms with E-state index in [0.717, 1.165) is 0 Å². The topological polar surface area (TPSA) is 70.6 Å². The van der Waals surface area contributed by atoms with E-state index in [2.05, 4.69) is 5.32 Å². The molecule has 5 nitrogen and oxygen atoms in total. The molecule has 0 aliphatic heterocycles. The summed E-state index contributed by atoms with van der Waals surface area (Å²) in [6, 6.07) is 13.8. The number of benzene rings is 2. The van der Waals surface area contributed by atoms with Crippen LogP contribution < -0.4 is 15.5 Å². The van der Waals surface area contributed by atoms with E-state index >= 15 is 0 Å². The van der Waals surface area contributed by atoms with Crippen molar-refractivity contribution in [2.24, 2.45) is 0 Å². The van der Waals surface area contributed by atoms with Gasteiger partial charge in [0.15, 0.2) is 0 Å². The van der Waals surface area contributed by atoms with Crippen molar-refractivity contribution in [1.82, 2.24) is 0 Å². The number of ether oxygens (including phenoxy) is 1. The third-order valence-corrected chi connectivity index (χ3v) is 2.30. The van der Waals surface area contributed by atoms with Crippen molar-refractivity contribution in [3.63, 3.8) is 0 Å². The van der Waals surface area contributed by atoms with E-state index in [1.54, 1.807) is 48.5 Å². The van der Waals surface area contributed by atoms with Crippen LogP contribution in [0.5, 0.6) is 11.5 Å². The van der Waals surface area contributed by atoms with Crippen LogP contribution in [-0.4, -0.2) is 11.6 Å². The highest BCUT2D eigenvalue weighted by atomic mass is 16.5. The molecule has 2 aromatic carbocycles. The van der Waals surface area contributed by atoms with E-state index in [4.69, 9.17) is 9.94 Å². The van der Waals surface area contributed by atoms with Crippen molar-refractivity contribution < 1.29 is 14.7 Å². The van der Waals surface area contributed by atoms with Gasteiger partial charge in [-0.1, -0.05) is 0 Å². The second kappa shape index (κ2) is 5.70. The summed E-state index contributed by atoms with van der Waals surface area (Å²) in [5.74, 6) is 1.32. The third kappa shape index (κ3) is 2.99. The predicted molar refractivity (Wildman–Crippen MR) is 68.1 cm³/mol. The molecule has 2 aromatic rings. The Bertz CT molecular complexity index is 509. The highest BCUT2D eigenvalue weighted by molar-refractivity contribution is 5.71. The Morgan fingerprint density at radius 2 is 1.39 bits per heavy atom. The first-order valence-corrected chi connectivity index (χ1v) is 5.30. The second-order valence-corrected chi connectivity index (χ2v) is 3.52. The lowest BCUT2D eigenvalue weighted by atomic mass is 10.3. The zero-order valence-corrected chi connectivity index (χ0v) is 9.46. The third-order valence-electron chi connectivity index (χ3n) is 2.30. The van der Waals surface area contributed by atoms with Crippen LogP contribution in [0.4, 0.5) is 11.4 Å². The number of carbonyl (C=O) groups is 1. The fraction of sp³-hybridized carbons (Fsp3) is 0. The first-order valence-electron chi connectivity index (χ1n) is 5.30. The summed E-state index contributed by atoms with van der Waals surface area (Å²) >= 11 is 0. The van der Waals surface area contributed by atoms with E-state index in [1.807, 2.05) is 5.48 Å². The molecule has 1 amide bonds. The van der Waals surface area contributed by atoms with Gasteiger partial charge in [0.2, 0.25) is 6.41 Å². The molecule has 0 saturated carbocycles. The molecule has 18 heavy (non-hydrogen) atoms. The number of amides is 1. The second-order valence-electron chi connectivity index (χ2n) is 3.52. The molecule has 0 bridgehead atoms. The number of hydrogen-bond acceptors (Lipinski definition) is 4. The summed E-state index contributed by atoms with van der Waals surface area (Å²) in [7, 11) is 0. The number of hydrogen-bond donors (Lipinski definition) is 3. The highest BCUT2D eigenvalue weighted by Crippen LogP contribution is 2.24. The van der Waals surface area contributed by atoms with Gasteiger partial charge in [0.05, 0.1) is 5.69 Å². The van der Waals surface area contributed by atoms with Crippen LogP contribution >= 0.6 is 0 Å². The molecule has 3 N–H and O–H groups in total. The van der Waals surface area contributed by atoms with Crippen molar-refractivity contribution in [3.8, 4) is 11.5 Å². The maximum atomic E-state index is 10.2. The molecule has 92 valence electrons. The minimum absolute atomic E-state index is 0.591. The van der Waals surface area contributed by atoms with E-state index in [1.165, 1.54) is 0 Å². The van der Waals surface area contributed by atoms with Crippen LogP contribution in [0.25, 0.3) is 0 Å². The smallest absolute Gasteiger partial charge is 0.211 e. The summed E-state index contributed by atoms with van der Waals surface area (Å²) in [6.45, 7) is 0. The molecule has 2 rings (SSSR count). The van der Waals surface area contributed by atoms with Gasteiger partial charge in [0.1, 0.15) is 11.5 Å². The summed E-state index contributed by atoms with van der Waals surface area (Å²) in [6.07, 6.45) is 0.622. The Morgan fingerprint density at radius 1 is 0.889 bits per heavy atom. The van der Waals surface area contributed by atoms with Gasteiger partial charge in [0, 0.05) is 5.69 Å². The molecular weight excluding hydrogens is 232 g/mol. The van der Waals surface area contributed by atoms with Gasteiger partial charge in [-0.05, 0) is 48.5 Å². The monoisotopic (exact) mass is 244 g/mol. The van der Waals surface area contributed by atoms with Crippen molar-refractivity contribution >= 4 is 17.8 Å². The normalized spacial score (nSPS) is 9.61. The Morgan fingerprint density at radius 3 is 1.83 bits per heavy atom. The van der Waals surface area contributed by atoms with Gasteiger partial charge in [0.25, 0.3) is 0 Å². The van der Waals surface area contributed by atoms with E-state index < -0.39 is 0 Å². The van der Waals surface area contributed by atoms with Crippen molar-refractivity contribution in [3.05, 3.63) is 48.5 Å². The standard InChI is InChI=1S/C13H12N2O3/c16-9-14-10-1-5-12(6-2-10)18-13-7-3-11(15-17)4-8-13/h1-9,15,17H,(H,14,16). The molecule has 0 radical (unpaired) electrons. The number of rotatable bonds is 5. The van der Waals surface area contributed by atoms with Gasteiger partial charge >= 0.3 is 0 Å². The van der Waals surface area contributed by atoms with Gasteiger partial charge in [-0.25, -0.2) is 0 Å². The first kappa shape index (κ1) is 11.9.